The van der Waals surface area contributed by atoms with Crippen LogP contribution in [0.4, 0.5) is 0 Å². The fourth-order valence-electron chi connectivity index (χ4n) is 2.07. The first kappa shape index (κ1) is 15.6. The molecular weight excluding hydrogens is 280 g/mol. The van der Waals surface area contributed by atoms with Gasteiger partial charge in [-0.15, -0.1) is 0 Å². The van der Waals surface area contributed by atoms with Crippen LogP contribution in [0.2, 0.25) is 0 Å². The number of aryl methyl sites for hydroxylation is 2. The van der Waals surface area contributed by atoms with Crippen LogP contribution in [0, 0.1) is 13.8 Å². The van der Waals surface area contributed by atoms with Crippen LogP contribution in [0.3, 0.4) is 0 Å². The molecule has 0 radical (unpaired) electrons. The van der Waals surface area contributed by atoms with Crippen LogP contribution in [0.5, 0.6) is 11.5 Å². The van der Waals surface area contributed by atoms with E-state index in [1.54, 1.807) is 0 Å². The molecule has 5 nitrogen and oxygen atoms in total. The summed E-state index contributed by atoms with van der Waals surface area (Å²) in [5, 5.41) is 22.6. The molecule has 1 amide bonds. The second-order valence-corrected chi connectivity index (χ2v) is 5.14. The number of nitrogens with one attached hydrogen (secondary N) is 1. The molecule has 0 aliphatic carbocycles. The van der Waals surface area contributed by atoms with Gasteiger partial charge in [-0.25, -0.2) is 5.43 Å². The molecule has 2 rings (SSSR count). The summed E-state index contributed by atoms with van der Waals surface area (Å²) in [6.07, 6.45) is 1.57. The molecule has 22 heavy (non-hydrogen) atoms. The molecule has 0 atom stereocenters. The van der Waals surface area contributed by atoms with E-state index in [2.05, 4.69) is 10.5 Å². The lowest BCUT2D eigenvalue weighted by molar-refractivity contribution is -0.120. The van der Waals surface area contributed by atoms with Gasteiger partial charge in [0.15, 0.2) is 0 Å². The maximum atomic E-state index is 11.9. The molecule has 0 saturated heterocycles. The molecular formula is C17H18N2O3. The number of phenols is 2. The molecule has 2 aromatic carbocycles. The number of aromatic hydroxyl groups is 2. The summed E-state index contributed by atoms with van der Waals surface area (Å²) in [6.45, 7) is 3.97. The number of rotatable bonds is 4. The quantitative estimate of drug-likeness (QED) is 0.599. The van der Waals surface area contributed by atoms with Crippen LogP contribution in [-0.2, 0) is 11.2 Å². The average Bonchev–Trinajstić information content (AvgIpc) is 2.44. The van der Waals surface area contributed by atoms with Gasteiger partial charge in [-0.2, -0.15) is 5.10 Å². The predicted molar refractivity (Wildman–Crippen MR) is 85.1 cm³/mol. The molecule has 0 bridgehead atoms. The second kappa shape index (κ2) is 6.76. The van der Waals surface area contributed by atoms with Gasteiger partial charge in [0.1, 0.15) is 11.5 Å². The highest BCUT2D eigenvalue weighted by atomic mass is 16.3. The monoisotopic (exact) mass is 298 g/mol. The molecule has 0 heterocycles. The topological polar surface area (TPSA) is 81.9 Å². The number of carbonyl (C=O) groups is 1. The van der Waals surface area contributed by atoms with Crippen molar-refractivity contribution in [2.45, 2.75) is 20.3 Å². The minimum atomic E-state index is -0.235. The minimum absolute atomic E-state index is 0.0338. The normalized spacial score (nSPS) is 10.8. The Morgan fingerprint density at radius 2 is 1.95 bits per heavy atom. The van der Waals surface area contributed by atoms with Gasteiger partial charge in [0, 0.05) is 11.6 Å². The standard InChI is InChI=1S/C17H18N2O3/c1-11-3-4-13(12(2)7-11)8-17(22)19-18-10-14-5-6-15(20)9-16(14)21/h3-7,9-10,20-21H,8H2,1-2H3,(H,19,22)/b18-10-. The van der Waals surface area contributed by atoms with E-state index in [1.165, 1.54) is 24.4 Å². The van der Waals surface area contributed by atoms with Gasteiger partial charge < -0.3 is 10.2 Å². The van der Waals surface area contributed by atoms with Crippen LogP contribution in [0.15, 0.2) is 41.5 Å². The van der Waals surface area contributed by atoms with E-state index in [-0.39, 0.29) is 23.8 Å². The van der Waals surface area contributed by atoms with Gasteiger partial charge in [0.05, 0.1) is 12.6 Å². The molecule has 5 heteroatoms. The molecule has 0 aliphatic rings. The van der Waals surface area contributed by atoms with E-state index in [0.717, 1.165) is 16.7 Å². The summed E-state index contributed by atoms with van der Waals surface area (Å²) in [7, 11) is 0. The molecule has 0 aromatic heterocycles. The van der Waals surface area contributed by atoms with Gasteiger partial charge in [-0.3, -0.25) is 4.79 Å². The Hall–Kier alpha value is -2.82. The number of benzene rings is 2. The van der Waals surface area contributed by atoms with Crippen molar-refractivity contribution >= 4 is 12.1 Å². The van der Waals surface area contributed by atoms with Crippen molar-refractivity contribution < 1.29 is 15.0 Å². The van der Waals surface area contributed by atoms with Crippen molar-refractivity contribution in [3.05, 3.63) is 58.7 Å². The van der Waals surface area contributed by atoms with E-state index in [1.807, 2.05) is 32.0 Å². The summed E-state index contributed by atoms with van der Waals surface area (Å²) in [5.74, 6) is -0.373. The third-order valence-electron chi connectivity index (χ3n) is 3.26. The van der Waals surface area contributed by atoms with Crippen molar-refractivity contribution in [3.8, 4) is 11.5 Å². The number of nitrogens with zero attached hydrogens (tertiary/aromatic N) is 1. The Balaban J connectivity index is 1.96. The SMILES string of the molecule is Cc1ccc(CC(=O)N/N=C\c2ccc(O)cc2O)c(C)c1. The lowest BCUT2D eigenvalue weighted by Gasteiger charge is -2.05. The molecule has 0 aliphatic heterocycles. The first-order valence-corrected chi connectivity index (χ1v) is 6.85. The summed E-state index contributed by atoms with van der Waals surface area (Å²) >= 11 is 0. The lowest BCUT2D eigenvalue weighted by Crippen LogP contribution is -2.20. The van der Waals surface area contributed by atoms with E-state index in [9.17, 15) is 15.0 Å². The number of hydrazone groups is 1. The zero-order chi connectivity index (χ0) is 16.1. The summed E-state index contributed by atoms with van der Waals surface area (Å²) in [5.41, 5.74) is 6.00. The minimum Gasteiger partial charge on any atom is -0.508 e. The van der Waals surface area contributed by atoms with Gasteiger partial charge in [0.25, 0.3) is 0 Å². The van der Waals surface area contributed by atoms with Crippen molar-refractivity contribution in [2.75, 3.05) is 0 Å². The van der Waals surface area contributed by atoms with Crippen molar-refractivity contribution in [1.29, 1.82) is 0 Å². The van der Waals surface area contributed by atoms with Crippen LogP contribution in [0.25, 0.3) is 0 Å². The first-order chi connectivity index (χ1) is 10.5. The van der Waals surface area contributed by atoms with Gasteiger partial charge in [-0.05, 0) is 37.1 Å². The highest BCUT2D eigenvalue weighted by Crippen LogP contribution is 2.20. The predicted octanol–water partition coefficient (Wildman–Crippen LogP) is 2.41. The molecule has 2 aromatic rings. The zero-order valence-electron chi connectivity index (χ0n) is 12.5. The molecule has 0 spiro atoms. The Bertz CT molecular complexity index is 724. The van der Waals surface area contributed by atoms with Crippen molar-refractivity contribution in [2.24, 2.45) is 5.10 Å². The third-order valence-corrected chi connectivity index (χ3v) is 3.26. The summed E-state index contributed by atoms with van der Waals surface area (Å²) in [6, 6.07) is 10.1. The van der Waals surface area contributed by atoms with Crippen molar-refractivity contribution in [3.63, 3.8) is 0 Å². The number of carbonyl (C=O) groups excluding carboxylic acids is 1. The fraction of sp³-hybridized carbons (Fsp3) is 0.176. The molecule has 3 N–H and O–H groups in total. The van der Waals surface area contributed by atoms with Crippen molar-refractivity contribution in [1.82, 2.24) is 5.43 Å². The summed E-state index contributed by atoms with van der Waals surface area (Å²) in [4.78, 5) is 11.9. The number of amides is 1. The second-order valence-electron chi connectivity index (χ2n) is 5.14. The van der Waals surface area contributed by atoms with E-state index < -0.39 is 0 Å². The van der Waals surface area contributed by atoms with Crippen LogP contribution in [0.1, 0.15) is 22.3 Å². The Morgan fingerprint density at radius 3 is 2.64 bits per heavy atom. The van der Waals surface area contributed by atoms with Gasteiger partial charge in [-0.1, -0.05) is 23.8 Å². The van der Waals surface area contributed by atoms with E-state index >= 15 is 0 Å². The average molecular weight is 298 g/mol. The molecule has 0 unspecified atom stereocenters. The van der Waals surface area contributed by atoms with E-state index in [0.29, 0.717) is 5.56 Å². The fourth-order valence-corrected chi connectivity index (χ4v) is 2.07. The highest BCUT2D eigenvalue weighted by molar-refractivity contribution is 5.85. The summed E-state index contributed by atoms with van der Waals surface area (Å²) < 4.78 is 0. The Kier molecular flexibility index (Phi) is 4.78. The highest BCUT2D eigenvalue weighted by Gasteiger charge is 2.05. The Labute approximate surface area is 128 Å². The first-order valence-electron chi connectivity index (χ1n) is 6.85. The third kappa shape index (κ3) is 4.09. The maximum absolute atomic E-state index is 11.9. The molecule has 0 saturated carbocycles. The lowest BCUT2D eigenvalue weighted by atomic mass is 10.0. The van der Waals surface area contributed by atoms with Crippen LogP contribution < -0.4 is 5.43 Å². The van der Waals surface area contributed by atoms with Gasteiger partial charge in [0.2, 0.25) is 5.91 Å². The Morgan fingerprint density at radius 1 is 1.18 bits per heavy atom. The largest absolute Gasteiger partial charge is 0.508 e. The number of hydrogen-bond donors (Lipinski definition) is 3. The molecule has 0 fully saturated rings. The van der Waals surface area contributed by atoms with E-state index in [4.69, 9.17) is 0 Å². The van der Waals surface area contributed by atoms with Crippen LogP contribution in [-0.4, -0.2) is 22.3 Å². The van der Waals surface area contributed by atoms with Crippen LogP contribution >= 0.6 is 0 Å². The smallest absolute Gasteiger partial charge is 0.244 e. The maximum Gasteiger partial charge on any atom is 0.244 e. The van der Waals surface area contributed by atoms with Gasteiger partial charge >= 0.3 is 0 Å². The molecule has 114 valence electrons. The number of phenolic OH excluding ortho intramolecular Hbond substituents is 2. The zero-order valence-corrected chi connectivity index (χ0v) is 12.5. The number of hydrogen-bond acceptors (Lipinski definition) is 4.